The number of nitrogens with zero attached hydrogens (tertiary/aromatic N) is 1. The van der Waals surface area contributed by atoms with Crippen molar-refractivity contribution < 1.29 is 9.47 Å². The average molecular weight is 266 g/mol. The summed E-state index contributed by atoms with van der Waals surface area (Å²) in [7, 11) is 3.36. The smallest absolute Gasteiger partial charge is 0.178 e. The molecule has 18 heavy (non-hydrogen) atoms. The summed E-state index contributed by atoms with van der Waals surface area (Å²) in [6, 6.07) is 5.88. The Hall–Kier alpha value is -1.33. The SMILES string of the molecule is COCC(C)(C)n1c(=S)[nH]c2ccc(OC)cc21. The quantitative estimate of drug-likeness (QED) is 0.864. The minimum atomic E-state index is -0.212. The standard InChI is InChI=1S/C13H18N2O2S/c1-13(2,8-16-3)15-11-7-9(17-4)5-6-10(11)14-12(15)18/h5-7H,8H2,1-4H3,(H,14,18). The average Bonchev–Trinajstić information content (AvgIpc) is 2.64. The van der Waals surface area contributed by atoms with Crippen LogP contribution in [0.4, 0.5) is 0 Å². The Balaban J connectivity index is 2.69. The second kappa shape index (κ2) is 4.74. The number of hydrogen-bond donors (Lipinski definition) is 1. The van der Waals surface area contributed by atoms with Crippen molar-refractivity contribution in [1.29, 1.82) is 0 Å². The molecule has 98 valence electrons. The number of aromatic nitrogens is 2. The van der Waals surface area contributed by atoms with Crippen LogP contribution in [0.25, 0.3) is 11.0 Å². The maximum Gasteiger partial charge on any atom is 0.178 e. The lowest BCUT2D eigenvalue weighted by Gasteiger charge is -2.26. The van der Waals surface area contributed by atoms with Gasteiger partial charge in [0.2, 0.25) is 0 Å². The number of imidazole rings is 1. The number of rotatable bonds is 4. The van der Waals surface area contributed by atoms with Crippen LogP contribution in [0.5, 0.6) is 5.75 Å². The highest BCUT2D eigenvalue weighted by Gasteiger charge is 2.23. The van der Waals surface area contributed by atoms with E-state index in [0.717, 1.165) is 16.8 Å². The fraction of sp³-hybridized carbons (Fsp3) is 0.462. The minimum Gasteiger partial charge on any atom is -0.497 e. The zero-order valence-electron chi connectivity index (χ0n) is 11.1. The van der Waals surface area contributed by atoms with E-state index in [2.05, 4.69) is 23.4 Å². The Morgan fingerprint density at radius 1 is 1.33 bits per heavy atom. The maximum atomic E-state index is 5.41. The number of hydrogen-bond acceptors (Lipinski definition) is 3. The Kier molecular flexibility index (Phi) is 3.45. The first-order chi connectivity index (χ1) is 8.49. The lowest BCUT2D eigenvalue weighted by atomic mass is 10.1. The van der Waals surface area contributed by atoms with Crippen molar-refractivity contribution in [2.24, 2.45) is 0 Å². The summed E-state index contributed by atoms with van der Waals surface area (Å²) >= 11 is 5.41. The van der Waals surface area contributed by atoms with Gasteiger partial charge in [-0.05, 0) is 38.2 Å². The van der Waals surface area contributed by atoms with Gasteiger partial charge in [-0.1, -0.05) is 0 Å². The fourth-order valence-corrected chi connectivity index (χ4v) is 2.68. The van der Waals surface area contributed by atoms with Crippen molar-refractivity contribution in [1.82, 2.24) is 9.55 Å². The van der Waals surface area contributed by atoms with Crippen LogP contribution >= 0.6 is 12.2 Å². The maximum absolute atomic E-state index is 5.41. The lowest BCUT2D eigenvalue weighted by molar-refractivity contribution is 0.111. The van der Waals surface area contributed by atoms with Gasteiger partial charge in [0.05, 0.1) is 30.3 Å². The molecule has 0 saturated carbocycles. The minimum absolute atomic E-state index is 0.212. The molecule has 0 radical (unpaired) electrons. The van der Waals surface area contributed by atoms with E-state index in [1.807, 2.05) is 18.2 Å². The molecule has 2 rings (SSSR count). The molecule has 1 aromatic heterocycles. The molecule has 0 atom stereocenters. The molecule has 0 saturated heterocycles. The molecule has 0 fully saturated rings. The molecule has 0 amide bonds. The molecule has 0 aliphatic heterocycles. The normalized spacial score (nSPS) is 12.0. The van der Waals surface area contributed by atoms with E-state index in [1.165, 1.54) is 0 Å². The van der Waals surface area contributed by atoms with E-state index in [4.69, 9.17) is 21.7 Å². The Morgan fingerprint density at radius 3 is 2.67 bits per heavy atom. The summed E-state index contributed by atoms with van der Waals surface area (Å²) in [6.45, 7) is 4.78. The number of benzene rings is 1. The van der Waals surface area contributed by atoms with Crippen LogP contribution in [0.3, 0.4) is 0 Å². The topological polar surface area (TPSA) is 39.2 Å². The predicted octanol–water partition coefficient (Wildman–Crippen LogP) is 3.09. The fourth-order valence-electron chi connectivity index (χ4n) is 2.23. The van der Waals surface area contributed by atoms with Crippen LogP contribution in [0.2, 0.25) is 0 Å². The van der Waals surface area contributed by atoms with Gasteiger partial charge in [0.15, 0.2) is 4.77 Å². The Labute approximate surface area is 112 Å². The van der Waals surface area contributed by atoms with Gasteiger partial charge in [-0.15, -0.1) is 0 Å². The molecule has 1 N–H and O–H groups in total. The van der Waals surface area contributed by atoms with Gasteiger partial charge >= 0.3 is 0 Å². The first-order valence-electron chi connectivity index (χ1n) is 5.78. The number of aromatic amines is 1. The summed E-state index contributed by atoms with van der Waals surface area (Å²) in [5.74, 6) is 0.818. The van der Waals surface area contributed by atoms with Crippen LogP contribution in [0.15, 0.2) is 18.2 Å². The second-order valence-corrected chi connectivity index (χ2v) is 5.28. The third-order valence-corrected chi connectivity index (χ3v) is 3.28. The van der Waals surface area contributed by atoms with Gasteiger partial charge in [0.25, 0.3) is 0 Å². The van der Waals surface area contributed by atoms with E-state index in [1.54, 1.807) is 14.2 Å². The molecule has 0 spiro atoms. The van der Waals surface area contributed by atoms with Crippen molar-refractivity contribution in [3.05, 3.63) is 23.0 Å². The molecule has 4 nitrogen and oxygen atoms in total. The molecule has 0 aliphatic rings. The largest absolute Gasteiger partial charge is 0.497 e. The monoisotopic (exact) mass is 266 g/mol. The number of fused-ring (bicyclic) bond motifs is 1. The third-order valence-electron chi connectivity index (χ3n) is 2.99. The van der Waals surface area contributed by atoms with Crippen LogP contribution in [-0.2, 0) is 10.3 Å². The van der Waals surface area contributed by atoms with Crippen molar-refractivity contribution >= 4 is 23.3 Å². The van der Waals surface area contributed by atoms with Gasteiger partial charge in [-0.25, -0.2) is 0 Å². The van der Waals surface area contributed by atoms with Gasteiger partial charge in [0, 0.05) is 13.2 Å². The summed E-state index contributed by atoms with van der Waals surface area (Å²) in [5, 5.41) is 0. The number of ether oxygens (including phenoxy) is 2. The highest BCUT2D eigenvalue weighted by molar-refractivity contribution is 7.71. The van der Waals surface area contributed by atoms with E-state index in [0.29, 0.717) is 11.4 Å². The molecule has 0 unspecified atom stereocenters. The van der Waals surface area contributed by atoms with Gasteiger partial charge in [-0.3, -0.25) is 0 Å². The molecular weight excluding hydrogens is 248 g/mol. The van der Waals surface area contributed by atoms with Crippen LogP contribution in [0.1, 0.15) is 13.8 Å². The van der Waals surface area contributed by atoms with Crippen molar-refractivity contribution in [2.45, 2.75) is 19.4 Å². The van der Waals surface area contributed by atoms with E-state index in [9.17, 15) is 0 Å². The van der Waals surface area contributed by atoms with E-state index < -0.39 is 0 Å². The third kappa shape index (κ3) is 2.15. The lowest BCUT2D eigenvalue weighted by Crippen LogP contribution is -2.31. The summed E-state index contributed by atoms with van der Waals surface area (Å²) in [6.07, 6.45) is 0. The van der Waals surface area contributed by atoms with Gasteiger partial charge in [-0.2, -0.15) is 0 Å². The molecule has 1 heterocycles. The number of methoxy groups -OCH3 is 2. The molecule has 5 heteroatoms. The van der Waals surface area contributed by atoms with Gasteiger partial charge in [0.1, 0.15) is 5.75 Å². The van der Waals surface area contributed by atoms with Crippen LogP contribution in [0, 0.1) is 4.77 Å². The zero-order chi connectivity index (χ0) is 13.3. The first kappa shape index (κ1) is 13.1. The summed E-state index contributed by atoms with van der Waals surface area (Å²) in [5.41, 5.74) is 1.82. The Morgan fingerprint density at radius 2 is 2.06 bits per heavy atom. The van der Waals surface area contributed by atoms with Crippen molar-refractivity contribution in [3.8, 4) is 5.75 Å². The molecule has 0 aliphatic carbocycles. The molecule has 1 aromatic carbocycles. The highest BCUT2D eigenvalue weighted by Crippen LogP contribution is 2.26. The predicted molar refractivity (Wildman–Crippen MR) is 74.9 cm³/mol. The Bertz CT molecular complexity index is 613. The van der Waals surface area contributed by atoms with Crippen molar-refractivity contribution in [3.63, 3.8) is 0 Å². The summed E-state index contributed by atoms with van der Waals surface area (Å²) in [4.78, 5) is 3.21. The van der Waals surface area contributed by atoms with E-state index in [-0.39, 0.29) is 5.54 Å². The first-order valence-corrected chi connectivity index (χ1v) is 6.18. The van der Waals surface area contributed by atoms with Crippen LogP contribution in [-0.4, -0.2) is 30.4 Å². The van der Waals surface area contributed by atoms with Crippen molar-refractivity contribution in [2.75, 3.05) is 20.8 Å². The summed E-state index contributed by atoms with van der Waals surface area (Å²) < 4.78 is 13.3. The zero-order valence-corrected chi connectivity index (χ0v) is 11.9. The second-order valence-electron chi connectivity index (χ2n) is 4.89. The highest BCUT2D eigenvalue weighted by atomic mass is 32.1. The van der Waals surface area contributed by atoms with Gasteiger partial charge < -0.3 is 19.0 Å². The number of nitrogens with one attached hydrogen (secondary N) is 1. The molecule has 2 aromatic rings. The molecular formula is C13H18N2O2S. The number of H-pyrrole nitrogens is 1. The molecule has 0 bridgehead atoms. The van der Waals surface area contributed by atoms with E-state index >= 15 is 0 Å². The van der Waals surface area contributed by atoms with Crippen LogP contribution < -0.4 is 4.74 Å².